The normalized spacial score (nSPS) is 11.5. The van der Waals surface area contributed by atoms with Crippen LogP contribution >= 0.6 is 0 Å². The van der Waals surface area contributed by atoms with Gasteiger partial charge in [0.15, 0.2) is 11.9 Å². The van der Waals surface area contributed by atoms with Crippen LogP contribution < -0.4 is 10.6 Å². The van der Waals surface area contributed by atoms with Crippen LogP contribution in [0.2, 0.25) is 0 Å². The molecule has 0 saturated carbocycles. The lowest BCUT2D eigenvalue weighted by atomic mass is 10.1. The highest BCUT2D eigenvalue weighted by molar-refractivity contribution is 5.95. The molecule has 0 aliphatic rings. The first-order valence-corrected chi connectivity index (χ1v) is 5.97. The molecule has 0 spiro atoms. The number of carboxylic acid groups (broad SMARTS) is 1. The van der Waals surface area contributed by atoms with Crippen molar-refractivity contribution in [3.8, 4) is 0 Å². The van der Waals surface area contributed by atoms with Gasteiger partial charge in [0.05, 0.1) is 0 Å². The molecule has 4 N–H and O–H groups in total. The van der Waals surface area contributed by atoms with E-state index >= 15 is 0 Å². The molecular formula is C13H16N2O5. The zero-order valence-corrected chi connectivity index (χ0v) is 10.9. The van der Waals surface area contributed by atoms with Crippen LogP contribution in [0.25, 0.3) is 0 Å². The lowest BCUT2D eigenvalue weighted by Gasteiger charge is -2.09. The molecule has 1 atom stereocenters. The fourth-order valence-corrected chi connectivity index (χ4v) is 1.41. The molecule has 0 heterocycles. The van der Waals surface area contributed by atoms with Gasteiger partial charge in [0.2, 0.25) is 0 Å². The number of Topliss-reactive ketones (excluding diaryl/α,β-unsaturated/α-hetero) is 1. The summed E-state index contributed by atoms with van der Waals surface area (Å²) in [6.07, 6.45) is -1.57. The van der Waals surface area contributed by atoms with Crippen molar-refractivity contribution >= 4 is 23.5 Å². The van der Waals surface area contributed by atoms with E-state index in [1.54, 1.807) is 24.3 Å². The van der Waals surface area contributed by atoms with Crippen molar-refractivity contribution in [2.75, 3.05) is 11.9 Å². The summed E-state index contributed by atoms with van der Waals surface area (Å²) < 4.78 is 0. The standard InChI is InChI=1S/C13H16N2O5/c1-8(16)9-2-4-10(5-3-9)15-13(20)14-7-6-11(17)12(18)19/h2-5,11,17H,6-7H2,1H3,(H,18,19)(H2,14,15,20)/t11-/m0/s1. The third-order valence-electron chi connectivity index (χ3n) is 2.54. The van der Waals surface area contributed by atoms with Gasteiger partial charge in [-0.3, -0.25) is 4.79 Å². The summed E-state index contributed by atoms with van der Waals surface area (Å²) in [6, 6.07) is 5.83. The molecule has 2 amide bonds. The van der Waals surface area contributed by atoms with E-state index in [9.17, 15) is 14.4 Å². The lowest BCUT2D eigenvalue weighted by Crippen LogP contribution is -2.33. The summed E-state index contributed by atoms with van der Waals surface area (Å²) in [7, 11) is 0. The van der Waals surface area contributed by atoms with E-state index < -0.39 is 18.1 Å². The highest BCUT2D eigenvalue weighted by Gasteiger charge is 2.12. The maximum Gasteiger partial charge on any atom is 0.332 e. The predicted molar refractivity (Wildman–Crippen MR) is 71.7 cm³/mol. The Bertz CT molecular complexity index is 498. The van der Waals surface area contributed by atoms with Gasteiger partial charge in [-0.15, -0.1) is 0 Å². The number of carbonyl (C=O) groups excluding carboxylic acids is 2. The second-order valence-corrected chi connectivity index (χ2v) is 4.16. The van der Waals surface area contributed by atoms with Crippen LogP contribution in [0.3, 0.4) is 0 Å². The molecule has 0 aromatic heterocycles. The van der Waals surface area contributed by atoms with E-state index in [0.29, 0.717) is 11.3 Å². The molecule has 0 saturated heterocycles. The number of benzene rings is 1. The number of aliphatic carboxylic acids is 1. The summed E-state index contributed by atoms with van der Waals surface area (Å²) in [5.41, 5.74) is 1.05. The highest BCUT2D eigenvalue weighted by atomic mass is 16.4. The van der Waals surface area contributed by atoms with Gasteiger partial charge in [-0.25, -0.2) is 9.59 Å². The Hall–Kier alpha value is -2.41. The van der Waals surface area contributed by atoms with E-state index in [0.717, 1.165) is 0 Å². The van der Waals surface area contributed by atoms with E-state index in [1.807, 2.05) is 0 Å². The maximum absolute atomic E-state index is 11.5. The van der Waals surface area contributed by atoms with Gasteiger partial charge >= 0.3 is 12.0 Å². The SMILES string of the molecule is CC(=O)c1ccc(NC(=O)NCC[C@H](O)C(=O)O)cc1. The highest BCUT2D eigenvalue weighted by Crippen LogP contribution is 2.09. The summed E-state index contributed by atoms with van der Waals surface area (Å²) in [5, 5.41) is 22.4. The smallest absolute Gasteiger partial charge is 0.332 e. The lowest BCUT2D eigenvalue weighted by molar-refractivity contribution is -0.146. The largest absolute Gasteiger partial charge is 0.479 e. The number of amides is 2. The second-order valence-electron chi connectivity index (χ2n) is 4.16. The van der Waals surface area contributed by atoms with Crippen LogP contribution in [-0.4, -0.2) is 40.6 Å². The van der Waals surface area contributed by atoms with Crippen molar-refractivity contribution in [2.45, 2.75) is 19.4 Å². The molecule has 0 fully saturated rings. The van der Waals surface area contributed by atoms with Gasteiger partial charge < -0.3 is 20.8 Å². The monoisotopic (exact) mass is 280 g/mol. The number of anilines is 1. The third-order valence-corrected chi connectivity index (χ3v) is 2.54. The molecule has 1 aromatic rings. The second kappa shape index (κ2) is 7.25. The Kier molecular flexibility index (Phi) is 5.67. The van der Waals surface area contributed by atoms with Crippen molar-refractivity contribution in [2.24, 2.45) is 0 Å². The molecule has 0 aliphatic heterocycles. The van der Waals surface area contributed by atoms with Gasteiger partial charge in [0, 0.05) is 24.2 Å². The molecule has 0 bridgehead atoms. The molecule has 0 aliphatic carbocycles. The third kappa shape index (κ3) is 5.07. The average molecular weight is 280 g/mol. The van der Waals surface area contributed by atoms with Crippen molar-refractivity contribution < 1.29 is 24.6 Å². The number of urea groups is 1. The maximum atomic E-state index is 11.5. The topological polar surface area (TPSA) is 116 Å². The number of nitrogens with one attached hydrogen (secondary N) is 2. The van der Waals surface area contributed by atoms with E-state index in [1.165, 1.54) is 6.92 Å². The van der Waals surface area contributed by atoms with E-state index in [2.05, 4.69) is 10.6 Å². The fourth-order valence-electron chi connectivity index (χ4n) is 1.41. The molecular weight excluding hydrogens is 264 g/mol. The first-order valence-electron chi connectivity index (χ1n) is 5.97. The van der Waals surface area contributed by atoms with Crippen LogP contribution in [0.15, 0.2) is 24.3 Å². The summed E-state index contributed by atoms with van der Waals surface area (Å²) in [6.45, 7) is 1.48. The first-order chi connectivity index (χ1) is 9.40. The zero-order chi connectivity index (χ0) is 15.1. The zero-order valence-electron chi connectivity index (χ0n) is 10.9. The first kappa shape index (κ1) is 15.6. The van der Waals surface area contributed by atoms with Gasteiger partial charge in [0.25, 0.3) is 0 Å². The minimum Gasteiger partial charge on any atom is -0.479 e. The number of carboxylic acids is 1. The van der Waals surface area contributed by atoms with Crippen molar-refractivity contribution in [3.05, 3.63) is 29.8 Å². The summed E-state index contributed by atoms with van der Waals surface area (Å²) in [4.78, 5) is 32.9. The van der Waals surface area contributed by atoms with E-state index in [-0.39, 0.29) is 18.7 Å². The predicted octanol–water partition coefficient (Wildman–Crippen LogP) is 0.846. The van der Waals surface area contributed by atoms with Crippen LogP contribution in [0.1, 0.15) is 23.7 Å². The molecule has 7 nitrogen and oxygen atoms in total. The molecule has 1 rings (SSSR count). The molecule has 7 heteroatoms. The Labute approximate surface area is 115 Å². The number of ketones is 1. The molecule has 0 unspecified atom stereocenters. The van der Waals surface area contributed by atoms with Gasteiger partial charge in [-0.1, -0.05) is 0 Å². The molecule has 20 heavy (non-hydrogen) atoms. The van der Waals surface area contributed by atoms with Gasteiger partial charge in [-0.2, -0.15) is 0 Å². The van der Waals surface area contributed by atoms with Gasteiger partial charge in [0.1, 0.15) is 0 Å². The molecule has 1 aromatic carbocycles. The fraction of sp³-hybridized carbons (Fsp3) is 0.308. The quantitative estimate of drug-likeness (QED) is 0.576. The number of carbonyl (C=O) groups is 3. The van der Waals surface area contributed by atoms with Crippen molar-refractivity contribution in [1.29, 1.82) is 0 Å². The van der Waals surface area contributed by atoms with Gasteiger partial charge in [-0.05, 0) is 31.2 Å². The Morgan fingerprint density at radius 2 is 1.80 bits per heavy atom. The number of aliphatic hydroxyl groups is 1. The number of hydrogen-bond donors (Lipinski definition) is 4. The van der Waals surface area contributed by atoms with Crippen molar-refractivity contribution in [3.63, 3.8) is 0 Å². The van der Waals surface area contributed by atoms with Crippen molar-refractivity contribution in [1.82, 2.24) is 5.32 Å². The minimum atomic E-state index is -1.50. The number of hydrogen-bond acceptors (Lipinski definition) is 4. The number of aliphatic hydroxyl groups excluding tert-OH is 1. The Balaban J connectivity index is 2.39. The molecule has 108 valence electrons. The Morgan fingerprint density at radius 1 is 1.20 bits per heavy atom. The average Bonchev–Trinajstić information content (AvgIpc) is 2.39. The summed E-state index contributed by atoms with van der Waals surface area (Å²) >= 11 is 0. The van der Waals surface area contributed by atoms with Crippen LogP contribution in [0.4, 0.5) is 10.5 Å². The van der Waals surface area contributed by atoms with Crippen LogP contribution in [0.5, 0.6) is 0 Å². The van der Waals surface area contributed by atoms with E-state index in [4.69, 9.17) is 10.2 Å². The summed E-state index contributed by atoms with van der Waals surface area (Å²) in [5.74, 6) is -1.39. The van der Waals surface area contributed by atoms with Crippen LogP contribution in [0, 0.1) is 0 Å². The number of rotatable bonds is 6. The minimum absolute atomic E-state index is 0.0326. The molecule has 0 radical (unpaired) electrons. The Morgan fingerprint density at radius 3 is 2.30 bits per heavy atom. The van der Waals surface area contributed by atoms with Crippen LogP contribution in [-0.2, 0) is 4.79 Å².